The molecular formula is C22H26BrFN2O3. The maximum absolute atomic E-state index is 13.9. The highest BCUT2D eigenvalue weighted by molar-refractivity contribution is 9.10. The highest BCUT2D eigenvalue weighted by atomic mass is 79.9. The minimum Gasteiger partial charge on any atom is -0.444 e. The molecule has 2 aromatic carbocycles. The largest absolute Gasteiger partial charge is 0.444 e. The number of amides is 2. The molecule has 2 aromatic rings. The Morgan fingerprint density at radius 1 is 1.07 bits per heavy atom. The van der Waals surface area contributed by atoms with Gasteiger partial charge in [-0.15, -0.1) is 0 Å². The van der Waals surface area contributed by atoms with Crippen molar-refractivity contribution in [3.63, 3.8) is 0 Å². The summed E-state index contributed by atoms with van der Waals surface area (Å²) in [6.07, 6.45) is -0.606. The predicted molar refractivity (Wildman–Crippen MR) is 115 cm³/mol. The number of carbonyl (C=O) groups is 2. The Kier molecular flexibility index (Phi) is 7.06. The molecule has 0 aromatic heterocycles. The number of benzene rings is 2. The zero-order valence-electron chi connectivity index (χ0n) is 17.2. The van der Waals surface area contributed by atoms with Crippen LogP contribution in [0.2, 0.25) is 0 Å². The zero-order chi connectivity index (χ0) is 21.8. The summed E-state index contributed by atoms with van der Waals surface area (Å²) in [5.41, 5.74) is 0.341. The smallest absolute Gasteiger partial charge is 0.408 e. The molecule has 0 bridgehead atoms. The van der Waals surface area contributed by atoms with Crippen molar-refractivity contribution in [2.45, 2.75) is 52.2 Å². The van der Waals surface area contributed by atoms with Crippen LogP contribution in [0.5, 0.6) is 0 Å². The van der Waals surface area contributed by atoms with Gasteiger partial charge in [-0.25, -0.2) is 9.18 Å². The van der Waals surface area contributed by atoms with Crippen molar-refractivity contribution in [1.82, 2.24) is 5.32 Å². The van der Waals surface area contributed by atoms with Crippen molar-refractivity contribution in [2.75, 3.05) is 5.32 Å². The minimum absolute atomic E-state index is 0.0805. The van der Waals surface area contributed by atoms with Gasteiger partial charge in [-0.3, -0.25) is 4.79 Å². The van der Waals surface area contributed by atoms with E-state index in [-0.39, 0.29) is 12.3 Å². The number of nitrogens with one attached hydrogen (secondary N) is 2. The van der Waals surface area contributed by atoms with E-state index in [1.165, 1.54) is 6.07 Å². The Hall–Kier alpha value is -2.41. The van der Waals surface area contributed by atoms with E-state index < -0.39 is 23.1 Å². The number of ether oxygens (including phenoxy) is 1. The molecule has 2 rings (SSSR count). The van der Waals surface area contributed by atoms with E-state index in [9.17, 15) is 14.0 Å². The molecule has 0 heterocycles. The molecule has 5 nitrogen and oxygen atoms in total. The Labute approximate surface area is 179 Å². The quantitative estimate of drug-likeness (QED) is 0.610. The summed E-state index contributed by atoms with van der Waals surface area (Å²) in [5.74, 6) is -0.771. The van der Waals surface area contributed by atoms with Gasteiger partial charge >= 0.3 is 6.09 Å². The molecule has 2 N–H and O–H groups in total. The first-order valence-electron chi connectivity index (χ1n) is 9.21. The molecule has 0 unspecified atom stereocenters. The molecule has 29 heavy (non-hydrogen) atoms. The standard InChI is InChI=1S/C22H26BrFN2O3/c1-21(2,3)29-20(28)26-22(4,5)15-7-6-8-17(12-15)25-19(27)11-14-9-10-16(23)13-18(14)24/h6-10,12-13H,11H2,1-5H3,(H,25,27)(H,26,28). The lowest BCUT2D eigenvalue weighted by molar-refractivity contribution is -0.115. The second-order valence-corrected chi connectivity index (χ2v) is 9.21. The van der Waals surface area contributed by atoms with E-state index in [1.54, 1.807) is 51.1 Å². The van der Waals surface area contributed by atoms with Crippen LogP contribution in [0.4, 0.5) is 14.9 Å². The van der Waals surface area contributed by atoms with Crippen LogP contribution in [-0.4, -0.2) is 17.6 Å². The van der Waals surface area contributed by atoms with Gasteiger partial charge in [0.2, 0.25) is 5.91 Å². The van der Waals surface area contributed by atoms with Gasteiger partial charge in [-0.2, -0.15) is 0 Å². The first-order valence-corrected chi connectivity index (χ1v) is 10.0. The van der Waals surface area contributed by atoms with Crippen molar-refractivity contribution in [2.24, 2.45) is 0 Å². The number of alkyl carbamates (subject to hydrolysis) is 1. The predicted octanol–water partition coefficient (Wildman–Crippen LogP) is 5.53. The lowest BCUT2D eigenvalue weighted by Crippen LogP contribution is -2.43. The highest BCUT2D eigenvalue weighted by Crippen LogP contribution is 2.24. The van der Waals surface area contributed by atoms with Crippen LogP contribution in [0.15, 0.2) is 46.9 Å². The summed E-state index contributed by atoms with van der Waals surface area (Å²) in [7, 11) is 0. The molecule has 156 valence electrons. The maximum atomic E-state index is 13.9. The molecule has 0 fully saturated rings. The third kappa shape index (κ3) is 7.16. The molecule has 0 aliphatic heterocycles. The lowest BCUT2D eigenvalue weighted by atomic mass is 9.94. The monoisotopic (exact) mass is 464 g/mol. The topological polar surface area (TPSA) is 67.4 Å². The van der Waals surface area contributed by atoms with Gasteiger partial charge in [0.1, 0.15) is 11.4 Å². The molecular weight excluding hydrogens is 439 g/mol. The summed E-state index contributed by atoms with van der Waals surface area (Å²) in [5, 5.41) is 5.61. The summed E-state index contributed by atoms with van der Waals surface area (Å²) in [4.78, 5) is 24.5. The Balaban J connectivity index is 2.08. The van der Waals surface area contributed by atoms with Gasteiger partial charge in [0.05, 0.1) is 12.0 Å². The highest BCUT2D eigenvalue weighted by Gasteiger charge is 2.26. The fraction of sp³-hybridized carbons (Fsp3) is 0.364. The Morgan fingerprint density at radius 2 is 1.76 bits per heavy atom. The number of halogens is 2. The number of hydrogen-bond donors (Lipinski definition) is 2. The number of anilines is 1. The van der Waals surface area contributed by atoms with Gasteiger partial charge in [-0.05, 0) is 70.0 Å². The number of hydrogen-bond acceptors (Lipinski definition) is 3. The Morgan fingerprint density at radius 3 is 2.38 bits per heavy atom. The molecule has 2 amide bonds. The minimum atomic E-state index is -0.721. The Bertz CT molecular complexity index is 907. The summed E-state index contributed by atoms with van der Waals surface area (Å²) < 4.78 is 19.9. The molecule has 0 saturated carbocycles. The van der Waals surface area contributed by atoms with E-state index >= 15 is 0 Å². The lowest BCUT2D eigenvalue weighted by Gasteiger charge is -2.29. The van der Waals surface area contributed by atoms with Crippen LogP contribution in [0.25, 0.3) is 0 Å². The first-order chi connectivity index (χ1) is 13.4. The van der Waals surface area contributed by atoms with Crippen molar-refractivity contribution in [3.8, 4) is 0 Å². The van der Waals surface area contributed by atoms with Crippen molar-refractivity contribution in [1.29, 1.82) is 0 Å². The van der Waals surface area contributed by atoms with E-state index in [0.717, 1.165) is 5.56 Å². The normalized spacial score (nSPS) is 11.7. The van der Waals surface area contributed by atoms with Gasteiger partial charge in [0.25, 0.3) is 0 Å². The van der Waals surface area contributed by atoms with Crippen LogP contribution in [0.3, 0.4) is 0 Å². The fourth-order valence-corrected chi connectivity index (χ4v) is 2.99. The number of carbonyl (C=O) groups excluding carboxylic acids is 2. The second-order valence-electron chi connectivity index (χ2n) is 8.29. The van der Waals surface area contributed by atoms with Crippen LogP contribution in [-0.2, 0) is 21.5 Å². The molecule has 7 heteroatoms. The van der Waals surface area contributed by atoms with Crippen LogP contribution < -0.4 is 10.6 Å². The molecule has 0 saturated heterocycles. The van der Waals surface area contributed by atoms with Crippen molar-refractivity contribution >= 4 is 33.6 Å². The van der Waals surface area contributed by atoms with Gasteiger partial charge in [-0.1, -0.05) is 34.1 Å². The average molecular weight is 465 g/mol. The SMILES string of the molecule is CC(C)(C)OC(=O)NC(C)(C)c1cccc(NC(=O)Cc2ccc(Br)cc2F)c1. The molecule has 0 radical (unpaired) electrons. The average Bonchev–Trinajstić information content (AvgIpc) is 2.55. The first kappa shape index (κ1) is 22.9. The van der Waals surface area contributed by atoms with E-state index in [2.05, 4.69) is 26.6 Å². The van der Waals surface area contributed by atoms with E-state index in [4.69, 9.17) is 4.74 Å². The zero-order valence-corrected chi connectivity index (χ0v) is 18.8. The molecule has 0 aliphatic carbocycles. The van der Waals surface area contributed by atoms with Crippen LogP contribution in [0, 0.1) is 5.82 Å². The summed E-state index contributed by atoms with van der Waals surface area (Å²) in [6, 6.07) is 11.7. The van der Waals surface area contributed by atoms with Gasteiger partial charge in [0.15, 0.2) is 0 Å². The van der Waals surface area contributed by atoms with Crippen molar-refractivity contribution < 1.29 is 18.7 Å². The van der Waals surface area contributed by atoms with Crippen LogP contribution >= 0.6 is 15.9 Å². The fourth-order valence-electron chi connectivity index (χ4n) is 2.66. The second kappa shape index (κ2) is 8.95. The third-order valence-corrected chi connectivity index (χ3v) is 4.54. The summed E-state index contributed by atoms with van der Waals surface area (Å²) >= 11 is 3.20. The third-order valence-electron chi connectivity index (χ3n) is 4.05. The van der Waals surface area contributed by atoms with E-state index in [0.29, 0.717) is 15.7 Å². The molecule has 0 aliphatic rings. The van der Waals surface area contributed by atoms with Crippen molar-refractivity contribution in [3.05, 3.63) is 63.9 Å². The maximum Gasteiger partial charge on any atom is 0.408 e. The van der Waals surface area contributed by atoms with E-state index in [1.807, 2.05) is 19.9 Å². The summed E-state index contributed by atoms with van der Waals surface area (Å²) in [6.45, 7) is 9.07. The van der Waals surface area contributed by atoms with Gasteiger partial charge < -0.3 is 15.4 Å². The van der Waals surface area contributed by atoms with Crippen LogP contribution in [0.1, 0.15) is 45.7 Å². The molecule has 0 spiro atoms. The van der Waals surface area contributed by atoms with Gasteiger partial charge in [0, 0.05) is 10.2 Å². The molecule has 0 atom stereocenters. The number of rotatable bonds is 5.